The molecular weight excluding hydrogens is 485 g/mol. The molecule has 0 spiro atoms. The number of hydrogen-bond donors (Lipinski definition) is 2. The number of aromatic nitrogens is 2. The molecule has 1 saturated heterocycles. The van der Waals surface area contributed by atoms with E-state index in [1.807, 2.05) is 30.3 Å². The van der Waals surface area contributed by atoms with Gasteiger partial charge in [-0.3, -0.25) is 9.69 Å². The van der Waals surface area contributed by atoms with Crippen LogP contribution in [0.2, 0.25) is 5.02 Å². The van der Waals surface area contributed by atoms with Gasteiger partial charge in [0.15, 0.2) is 11.5 Å². The zero-order chi connectivity index (χ0) is 25.3. The van der Waals surface area contributed by atoms with Gasteiger partial charge in [0.2, 0.25) is 0 Å². The molecule has 0 aliphatic carbocycles. The van der Waals surface area contributed by atoms with Crippen molar-refractivity contribution < 1.29 is 13.9 Å². The van der Waals surface area contributed by atoms with Gasteiger partial charge in [-0.15, -0.1) is 0 Å². The van der Waals surface area contributed by atoms with E-state index in [0.29, 0.717) is 30.3 Å². The van der Waals surface area contributed by atoms with Crippen molar-refractivity contribution in [2.45, 2.75) is 19.5 Å². The number of rotatable bonds is 11. The molecule has 1 aromatic heterocycles. The highest BCUT2D eigenvalue weighted by atomic mass is 35.5. The molecule has 36 heavy (non-hydrogen) atoms. The molecule has 0 amide bonds. The molecule has 0 radical (unpaired) electrons. The molecular formula is C26H31ClFN5O3. The molecule has 2 N–H and O–H groups in total. The van der Waals surface area contributed by atoms with Crippen molar-refractivity contribution in [3.63, 3.8) is 0 Å². The molecule has 4 rings (SSSR count). The Hall–Kier alpha value is -3.14. The predicted octanol–water partition coefficient (Wildman–Crippen LogP) is 3.77. The van der Waals surface area contributed by atoms with E-state index in [9.17, 15) is 9.18 Å². The van der Waals surface area contributed by atoms with Crippen molar-refractivity contribution in [3.8, 4) is 11.5 Å². The van der Waals surface area contributed by atoms with Crippen molar-refractivity contribution in [2.24, 2.45) is 0 Å². The molecule has 10 heteroatoms. The number of benzene rings is 2. The van der Waals surface area contributed by atoms with Gasteiger partial charge >= 0.3 is 0 Å². The number of anilines is 1. The highest BCUT2D eigenvalue weighted by Gasteiger charge is 2.17. The van der Waals surface area contributed by atoms with E-state index in [1.54, 1.807) is 7.11 Å². The fraction of sp³-hybridized carbons (Fsp3) is 0.385. The number of halogens is 2. The van der Waals surface area contributed by atoms with Gasteiger partial charge in [0, 0.05) is 45.8 Å². The largest absolute Gasteiger partial charge is 0.493 e. The second-order valence-electron chi connectivity index (χ2n) is 8.71. The van der Waals surface area contributed by atoms with Crippen LogP contribution in [0, 0.1) is 5.82 Å². The molecule has 1 aliphatic heterocycles. The lowest BCUT2D eigenvalue weighted by molar-refractivity contribution is 0.121. The SMILES string of the molecule is COc1ccc(CNc2cn[nH]c(=O)c2Cl)cc1OCCCN1CCN(Cc2ccc(F)cc2)CC1. The maximum absolute atomic E-state index is 13.1. The minimum atomic E-state index is -0.435. The standard InChI is InChI=1S/C26H31ClFN5O3/c1-35-23-8-5-20(16-29-22-17-30-31-26(34)25(22)27)15-24(23)36-14-2-9-32-10-12-33(13-11-32)18-19-3-6-21(28)7-4-19/h3-8,15,17H,2,9-14,16,18H2,1H3,(H2,29,31,34). The number of H-pyrrole nitrogens is 1. The van der Waals surface area contributed by atoms with Crippen LogP contribution in [0.5, 0.6) is 11.5 Å². The monoisotopic (exact) mass is 515 g/mol. The quantitative estimate of drug-likeness (QED) is 0.376. The van der Waals surface area contributed by atoms with Crippen LogP contribution in [0.15, 0.2) is 53.5 Å². The first-order chi connectivity index (χ1) is 17.5. The van der Waals surface area contributed by atoms with Crippen LogP contribution in [0.25, 0.3) is 0 Å². The van der Waals surface area contributed by atoms with Crippen molar-refractivity contribution in [1.29, 1.82) is 0 Å². The van der Waals surface area contributed by atoms with Crippen molar-refractivity contribution in [1.82, 2.24) is 20.0 Å². The summed E-state index contributed by atoms with van der Waals surface area (Å²) in [4.78, 5) is 16.5. The maximum atomic E-state index is 13.1. The zero-order valence-corrected chi connectivity index (χ0v) is 21.1. The smallest absolute Gasteiger partial charge is 0.285 e. The number of aromatic amines is 1. The lowest BCUT2D eigenvalue weighted by Crippen LogP contribution is -2.46. The number of piperazine rings is 1. The van der Waals surface area contributed by atoms with Crippen molar-refractivity contribution >= 4 is 17.3 Å². The second kappa shape index (κ2) is 12.7. The lowest BCUT2D eigenvalue weighted by Gasteiger charge is -2.34. The van der Waals surface area contributed by atoms with Crippen LogP contribution in [-0.2, 0) is 13.1 Å². The van der Waals surface area contributed by atoms with E-state index in [2.05, 4.69) is 25.3 Å². The Morgan fingerprint density at radius 2 is 1.78 bits per heavy atom. The highest BCUT2D eigenvalue weighted by molar-refractivity contribution is 6.32. The molecule has 8 nitrogen and oxygen atoms in total. The Labute approximate surface area is 215 Å². The fourth-order valence-electron chi connectivity index (χ4n) is 4.14. The molecule has 0 bridgehead atoms. The summed E-state index contributed by atoms with van der Waals surface area (Å²) in [5.41, 5.74) is 2.13. The summed E-state index contributed by atoms with van der Waals surface area (Å²) in [6, 6.07) is 12.5. The third-order valence-corrected chi connectivity index (χ3v) is 6.54. The maximum Gasteiger partial charge on any atom is 0.285 e. The zero-order valence-electron chi connectivity index (χ0n) is 20.3. The first kappa shape index (κ1) is 25.9. The third kappa shape index (κ3) is 7.19. The number of nitrogens with zero attached hydrogens (tertiary/aromatic N) is 3. The van der Waals surface area contributed by atoms with Crippen LogP contribution >= 0.6 is 11.6 Å². The van der Waals surface area contributed by atoms with E-state index in [1.165, 1.54) is 18.3 Å². The summed E-state index contributed by atoms with van der Waals surface area (Å²) >= 11 is 6.03. The Balaban J connectivity index is 1.20. The second-order valence-corrected chi connectivity index (χ2v) is 9.09. The van der Waals surface area contributed by atoms with E-state index in [0.717, 1.165) is 56.8 Å². The predicted molar refractivity (Wildman–Crippen MR) is 138 cm³/mol. The van der Waals surface area contributed by atoms with Gasteiger partial charge in [0.1, 0.15) is 10.8 Å². The van der Waals surface area contributed by atoms with Gasteiger partial charge < -0.3 is 19.7 Å². The van der Waals surface area contributed by atoms with Gasteiger partial charge in [-0.05, 0) is 41.8 Å². The topological polar surface area (TPSA) is 82.7 Å². The molecule has 192 valence electrons. The van der Waals surface area contributed by atoms with Crippen LogP contribution in [0.4, 0.5) is 10.1 Å². The molecule has 1 fully saturated rings. The number of methoxy groups -OCH3 is 1. The van der Waals surface area contributed by atoms with E-state index < -0.39 is 5.56 Å². The Morgan fingerprint density at radius 1 is 1.06 bits per heavy atom. The molecule has 0 unspecified atom stereocenters. The summed E-state index contributed by atoms with van der Waals surface area (Å²) in [5, 5.41) is 9.27. The average Bonchev–Trinajstić information content (AvgIpc) is 2.90. The highest BCUT2D eigenvalue weighted by Crippen LogP contribution is 2.29. The number of nitrogens with one attached hydrogen (secondary N) is 2. The van der Waals surface area contributed by atoms with Crippen molar-refractivity contribution in [2.75, 3.05) is 51.8 Å². The van der Waals surface area contributed by atoms with Gasteiger partial charge in [-0.25, -0.2) is 9.49 Å². The first-order valence-corrected chi connectivity index (χ1v) is 12.4. The normalized spacial score (nSPS) is 14.5. The van der Waals surface area contributed by atoms with E-state index in [-0.39, 0.29) is 10.8 Å². The molecule has 1 aliphatic rings. The summed E-state index contributed by atoms with van der Waals surface area (Å²) < 4.78 is 24.6. The molecule has 3 aromatic rings. The molecule has 2 heterocycles. The number of hydrogen-bond acceptors (Lipinski definition) is 7. The third-order valence-electron chi connectivity index (χ3n) is 6.17. The summed E-state index contributed by atoms with van der Waals surface area (Å²) in [6.45, 7) is 6.84. The average molecular weight is 516 g/mol. The Bertz CT molecular complexity index is 1180. The summed E-state index contributed by atoms with van der Waals surface area (Å²) in [7, 11) is 1.62. The first-order valence-electron chi connectivity index (χ1n) is 12.0. The van der Waals surface area contributed by atoms with Gasteiger partial charge in [0.05, 0.1) is 25.6 Å². The Kier molecular flexibility index (Phi) is 9.16. The summed E-state index contributed by atoms with van der Waals surface area (Å²) in [6.07, 6.45) is 2.38. The van der Waals surface area contributed by atoms with Gasteiger partial charge in [0.25, 0.3) is 5.56 Å². The van der Waals surface area contributed by atoms with E-state index >= 15 is 0 Å². The summed E-state index contributed by atoms with van der Waals surface area (Å²) in [5.74, 6) is 1.15. The molecule has 2 aromatic carbocycles. The van der Waals surface area contributed by atoms with Crippen LogP contribution in [-0.4, -0.2) is 66.4 Å². The molecule has 0 atom stereocenters. The molecule has 0 saturated carbocycles. The van der Waals surface area contributed by atoms with E-state index in [4.69, 9.17) is 21.1 Å². The van der Waals surface area contributed by atoms with Crippen LogP contribution in [0.1, 0.15) is 17.5 Å². The van der Waals surface area contributed by atoms with Crippen LogP contribution in [0.3, 0.4) is 0 Å². The Morgan fingerprint density at radius 3 is 2.53 bits per heavy atom. The lowest BCUT2D eigenvalue weighted by atomic mass is 10.2. The van der Waals surface area contributed by atoms with Crippen LogP contribution < -0.4 is 20.3 Å². The minimum absolute atomic E-state index is 0.0753. The minimum Gasteiger partial charge on any atom is -0.493 e. The number of ether oxygens (including phenoxy) is 2. The fourth-order valence-corrected chi connectivity index (χ4v) is 4.30. The van der Waals surface area contributed by atoms with Gasteiger partial charge in [-0.2, -0.15) is 5.10 Å². The van der Waals surface area contributed by atoms with Gasteiger partial charge in [-0.1, -0.05) is 29.8 Å². The van der Waals surface area contributed by atoms with Crippen molar-refractivity contribution in [3.05, 3.63) is 81.0 Å².